The Labute approximate surface area is 99.1 Å². The van der Waals surface area contributed by atoms with Gasteiger partial charge in [0, 0.05) is 13.1 Å². The van der Waals surface area contributed by atoms with E-state index >= 15 is 0 Å². The Bertz CT molecular complexity index is 220. The Morgan fingerprint density at radius 1 is 1.38 bits per heavy atom. The topological polar surface area (TPSA) is 29.5 Å². The molecule has 3 heteroatoms. The number of ether oxygens (including phenoxy) is 1. The SMILES string of the molecule is CCCCC(C(=O)OC)N1CC(C)C(C)C1. The molecule has 0 aromatic rings. The maximum absolute atomic E-state index is 11.8. The van der Waals surface area contributed by atoms with Crippen LogP contribution in [-0.4, -0.2) is 37.1 Å². The molecule has 0 radical (unpaired) electrons. The van der Waals surface area contributed by atoms with Crippen LogP contribution in [0.2, 0.25) is 0 Å². The van der Waals surface area contributed by atoms with E-state index in [0.717, 1.165) is 32.4 Å². The summed E-state index contributed by atoms with van der Waals surface area (Å²) in [6, 6.07) is -0.0163. The number of hydrogen-bond donors (Lipinski definition) is 0. The highest BCUT2D eigenvalue weighted by Gasteiger charge is 2.34. The van der Waals surface area contributed by atoms with Crippen molar-refractivity contribution in [3.8, 4) is 0 Å². The van der Waals surface area contributed by atoms with E-state index in [4.69, 9.17) is 4.74 Å². The quantitative estimate of drug-likeness (QED) is 0.675. The molecule has 0 amide bonds. The minimum atomic E-state index is -0.0604. The summed E-state index contributed by atoms with van der Waals surface area (Å²) in [4.78, 5) is 14.1. The molecule has 1 saturated heterocycles. The minimum absolute atomic E-state index is 0.0163. The van der Waals surface area contributed by atoms with Crippen LogP contribution in [0.15, 0.2) is 0 Å². The second-order valence-electron chi connectivity index (χ2n) is 5.09. The molecule has 0 bridgehead atoms. The molecular formula is C13H25NO2. The number of likely N-dealkylation sites (tertiary alicyclic amines) is 1. The van der Waals surface area contributed by atoms with Crippen molar-refractivity contribution in [2.24, 2.45) is 11.8 Å². The molecule has 1 rings (SSSR count). The van der Waals surface area contributed by atoms with Crippen molar-refractivity contribution in [3.63, 3.8) is 0 Å². The third kappa shape index (κ3) is 3.21. The van der Waals surface area contributed by atoms with Crippen LogP contribution < -0.4 is 0 Å². The molecule has 1 aliphatic heterocycles. The first-order valence-electron chi connectivity index (χ1n) is 6.42. The van der Waals surface area contributed by atoms with Crippen LogP contribution >= 0.6 is 0 Å². The first-order chi connectivity index (χ1) is 7.60. The molecule has 3 nitrogen and oxygen atoms in total. The fourth-order valence-corrected chi connectivity index (χ4v) is 2.41. The van der Waals surface area contributed by atoms with Gasteiger partial charge in [0.2, 0.25) is 0 Å². The van der Waals surface area contributed by atoms with E-state index in [2.05, 4.69) is 25.7 Å². The van der Waals surface area contributed by atoms with Crippen molar-refractivity contribution in [2.75, 3.05) is 20.2 Å². The fraction of sp³-hybridized carbons (Fsp3) is 0.923. The second kappa shape index (κ2) is 6.24. The summed E-state index contributed by atoms with van der Waals surface area (Å²) in [5.41, 5.74) is 0. The first-order valence-corrected chi connectivity index (χ1v) is 6.42. The van der Waals surface area contributed by atoms with E-state index in [9.17, 15) is 4.79 Å². The Morgan fingerprint density at radius 2 is 1.94 bits per heavy atom. The van der Waals surface area contributed by atoms with E-state index in [-0.39, 0.29) is 12.0 Å². The van der Waals surface area contributed by atoms with Gasteiger partial charge < -0.3 is 4.74 Å². The van der Waals surface area contributed by atoms with Crippen LogP contribution in [0.3, 0.4) is 0 Å². The number of carbonyl (C=O) groups is 1. The van der Waals surface area contributed by atoms with Crippen LogP contribution in [0, 0.1) is 11.8 Å². The van der Waals surface area contributed by atoms with E-state index in [1.54, 1.807) is 0 Å². The van der Waals surface area contributed by atoms with Crippen molar-refractivity contribution in [3.05, 3.63) is 0 Å². The highest BCUT2D eigenvalue weighted by Crippen LogP contribution is 2.26. The van der Waals surface area contributed by atoms with Gasteiger partial charge in [0.05, 0.1) is 7.11 Å². The number of nitrogens with zero attached hydrogens (tertiary/aromatic N) is 1. The van der Waals surface area contributed by atoms with Crippen LogP contribution in [0.4, 0.5) is 0 Å². The normalized spacial score (nSPS) is 28.0. The number of rotatable bonds is 5. The third-order valence-corrected chi connectivity index (χ3v) is 3.76. The van der Waals surface area contributed by atoms with Crippen molar-refractivity contribution < 1.29 is 9.53 Å². The molecule has 16 heavy (non-hydrogen) atoms. The summed E-state index contributed by atoms with van der Waals surface area (Å²) in [5, 5.41) is 0. The van der Waals surface area contributed by atoms with Crippen molar-refractivity contribution in [2.45, 2.75) is 46.1 Å². The lowest BCUT2D eigenvalue weighted by atomic mass is 10.0. The Kier molecular flexibility index (Phi) is 5.26. The summed E-state index contributed by atoms with van der Waals surface area (Å²) >= 11 is 0. The van der Waals surface area contributed by atoms with Crippen molar-refractivity contribution in [1.82, 2.24) is 4.90 Å². The van der Waals surface area contributed by atoms with Crippen LogP contribution in [-0.2, 0) is 9.53 Å². The van der Waals surface area contributed by atoms with Crippen LogP contribution in [0.25, 0.3) is 0 Å². The summed E-state index contributed by atoms with van der Waals surface area (Å²) in [6.45, 7) is 8.75. The Morgan fingerprint density at radius 3 is 2.38 bits per heavy atom. The van der Waals surface area contributed by atoms with E-state index in [0.29, 0.717) is 11.8 Å². The standard InChI is InChI=1S/C13H25NO2/c1-5-6-7-12(13(15)16-4)14-8-10(2)11(3)9-14/h10-12H,5-9H2,1-4H3. The van der Waals surface area contributed by atoms with Gasteiger partial charge in [0.15, 0.2) is 0 Å². The molecule has 1 aliphatic rings. The molecule has 1 fully saturated rings. The number of hydrogen-bond acceptors (Lipinski definition) is 3. The molecule has 0 aromatic heterocycles. The second-order valence-corrected chi connectivity index (χ2v) is 5.09. The van der Waals surface area contributed by atoms with Gasteiger partial charge in [-0.05, 0) is 18.3 Å². The number of unbranched alkanes of at least 4 members (excludes halogenated alkanes) is 1. The van der Waals surface area contributed by atoms with Crippen LogP contribution in [0.1, 0.15) is 40.0 Å². The van der Waals surface area contributed by atoms with Gasteiger partial charge in [0.25, 0.3) is 0 Å². The average molecular weight is 227 g/mol. The van der Waals surface area contributed by atoms with Crippen molar-refractivity contribution in [1.29, 1.82) is 0 Å². The fourth-order valence-electron chi connectivity index (χ4n) is 2.41. The molecular weight excluding hydrogens is 202 g/mol. The van der Waals surface area contributed by atoms with Gasteiger partial charge in [-0.25, -0.2) is 0 Å². The summed E-state index contributed by atoms with van der Waals surface area (Å²) in [5.74, 6) is 1.32. The van der Waals surface area contributed by atoms with E-state index in [1.807, 2.05) is 0 Å². The Balaban J connectivity index is 2.58. The predicted octanol–water partition coefficient (Wildman–Crippen LogP) is 2.31. The van der Waals surface area contributed by atoms with Gasteiger partial charge in [-0.1, -0.05) is 33.6 Å². The summed E-state index contributed by atoms with van der Waals surface area (Å²) in [7, 11) is 1.49. The van der Waals surface area contributed by atoms with Crippen LogP contribution in [0.5, 0.6) is 0 Å². The highest BCUT2D eigenvalue weighted by atomic mass is 16.5. The lowest BCUT2D eigenvalue weighted by Crippen LogP contribution is -2.40. The van der Waals surface area contributed by atoms with E-state index < -0.39 is 0 Å². The van der Waals surface area contributed by atoms with Crippen molar-refractivity contribution >= 4 is 5.97 Å². The molecule has 94 valence electrons. The molecule has 0 spiro atoms. The molecule has 0 saturated carbocycles. The molecule has 1 heterocycles. The van der Waals surface area contributed by atoms with E-state index in [1.165, 1.54) is 7.11 Å². The smallest absolute Gasteiger partial charge is 0.323 e. The molecule has 0 aromatic carbocycles. The molecule has 0 N–H and O–H groups in total. The first kappa shape index (κ1) is 13.5. The lowest BCUT2D eigenvalue weighted by Gasteiger charge is -2.25. The molecule has 3 atom stereocenters. The minimum Gasteiger partial charge on any atom is -0.468 e. The maximum Gasteiger partial charge on any atom is 0.323 e. The predicted molar refractivity (Wildman–Crippen MR) is 65.2 cm³/mol. The summed E-state index contributed by atoms with van der Waals surface area (Å²) < 4.78 is 4.91. The van der Waals surface area contributed by atoms with Gasteiger partial charge in [0.1, 0.15) is 6.04 Å². The monoisotopic (exact) mass is 227 g/mol. The van der Waals surface area contributed by atoms with Gasteiger partial charge >= 0.3 is 5.97 Å². The molecule has 3 unspecified atom stereocenters. The average Bonchev–Trinajstić information content (AvgIpc) is 2.59. The highest BCUT2D eigenvalue weighted by molar-refractivity contribution is 5.75. The maximum atomic E-state index is 11.8. The van der Waals surface area contributed by atoms with Gasteiger partial charge in [-0.3, -0.25) is 9.69 Å². The number of esters is 1. The van der Waals surface area contributed by atoms with Gasteiger partial charge in [-0.15, -0.1) is 0 Å². The molecule has 0 aliphatic carbocycles. The number of methoxy groups -OCH3 is 1. The lowest BCUT2D eigenvalue weighted by molar-refractivity contribution is -0.147. The summed E-state index contributed by atoms with van der Waals surface area (Å²) in [6.07, 6.45) is 3.16. The zero-order valence-electron chi connectivity index (χ0n) is 11.0. The van der Waals surface area contributed by atoms with Gasteiger partial charge in [-0.2, -0.15) is 0 Å². The number of carbonyl (C=O) groups excluding carboxylic acids is 1. The Hall–Kier alpha value is -0.570. The zero-order valence-corrected chi connectivity index (χ0v) is 11.0. The zero-order chi connectivity index (χ0) is 12.1. The largest absolute Gasteiger partial charge is 0.468 e. The third-order valence-electron chi connectivity index (χ3n) is 3.76.